The molecule has 0 aliphatic rings. The molecule has 1 N–H and O–H groups in total. The number of rotatable bonds is 6. The average Bonchev–Trinajstić information content (AvgIpc) is 2.61. The molecule has 25 heavy (non-hydrogen) atoms. The summed E-state index contributed by atoms with van der Waals surface area (Å²) in [6.45, 7) is 0. The summed E-state index contributed by atoms with van der Waals surface area (Å²) in [7, 11) is 3.02. The fraction of sp³-hybridized carbons (Fsp3) is 0.118. The highest BCUT2D eigenvalue weighted by molar-refractivity contribution is 6.02. The number of carbonyl (C=O) groups is 1. The number of nitro benzene ring substituents is 1. The molecule has 0 aliphatic heterocycles. The zero-order chi connectivity index (χ0) is 18.4. The summed E-state index contributed by atoms with van der Waals surface area (Å²) >= 11 is 0. The molecular formula is C17H15FN2O5. The summed E-state index contributed by atoms with van der Waals surface area (Å²) in [5.74, 6) is -0.377. The smallest absolute Gasteiger partial charge is 0.306 e. The zero-order valence-corrected chi connectivity index (χ0v) is 13.5. The van der Waals surface area contributed by atoms with Gasteiger partial charge < -0.3 is 14.8 Å². The van der Waals surface area contributed by atoms with Crippen LogP contribution in [-0.2, 0) is 4.79 Å². The van der Waals surface area contributed by atoms with Gasteiger partial charge in [-0.1, -0.05) is 0 Å². The van der Waals surface area contributed by atoms with E-state index in [0.717, 1.165) is 12.1 Å². The minimum Gasteiger partial charge on any atom is -0.497 e. The SMILES string of the molecule is COc1ccc(/C=C/C(=O)Nc2ccc(F)c([N+](=O)[O-])c2)c(OC)c1. The molecule has 8 heteroatoms. The molecule has 0 saturated carbocycles. The third-order valence-electron chi connectivity index (χ3n) is 3.27. The number of carbonyl (C=O) groups excluding carboxylic acids is 1. The van der Waals surface area contributed by atoms with Gasteiger partial charge in [-0.05, 0) is 30.3 Å². The van der Waals surface area contributed by atoms with E-state index >= 15 is 0 Å². The van der Waals surface area contributed by atoms with Crippen LogP contribution in [0.15, 0.2) is 42.5 Å². The standard InChI is InChI=1S/C17H15FN2O5/c1-24-13-6-3-11(16(10-13)25-2)4-8-17(21)19-12-5-7-14(18)15(9-12)20(22)23/h3-10H,1-2H3,(H,19,21)/b8-4+. The molecule has 0 spiro atoms. The molecule has 0 unspecified atom stereocenters. The van der Waals surface area contributed by atoms with Crippen molar-refractivity contribution in [3.8, 4) is 11.5 Å². The second-order valence-electron chi connectivity index (χ2n) is 4.85. The number of hydrogen-bond acceptors (Lipinski definition) is 5. The number of nitrogens with one attached hydrogen (secondary N) is 1. The number of halogens is 1. The van der Waals surface area contributed by atoms with Crippen LogP contribution in [0.1, 0.15) is 5.56 Å². The Morgan fingerprint density at radius 2 is 1.96 bits per heavy atom. The van der Waals surface area contributed by atoms with Gasteiger partial charge in [0.2, 0.25) is 11.7 Å². The van der Waals surface area contributed by atoms with Crippen LogP contribution < -0.4 is 14.8 Å². The molecule has 0 saturated heterocycles. The van der Waals surface area contributed by atoms with E-state index in [4.69, 9.17) is 9.47 Å². The zero-order valence-electron chi connectivity index (χ0n) is 13.5. The van der Waals surface area contributed by atoms with Crippen LogP contribution in [0.2, 0.25) is 0 Å². The summed E-state index contributed by atoms with van der Waals surface area (Å²) in [6, 6.07) is 8.20. The minimum absolute atomic E-state index is 0.115. The van der Waals surface area contributed by atoms with E-state index in [-0.39, 0.29) is 5.69 Å². The Morgan fingerprint density at radius 1 is 1.20 bits per heavy atom. The van der Waals surface area contributed by atoms with Gasteiger partial charge in [-0.25, -0.2) is 0 Å². The maximum absolute atomic E-state index is 13.3. The fourth-order valence-corrected chi connectivity index (χ4v) is 2.04. The largest absolute Gasteiger partial charge is 0.497 e. The lowest BCUT2D eigenvalue weighted by Gasteiger charge is -2.07. The molecule has 0 radical (unpaired) electrons. The summed E-state index contributed by atoms with van der Waals surface area (Å²) in [5.41, 5.74) is 0.0478. The van der Waals surface area contributed by atoms with Gasteiger partial charge in [0.05, 0.1) is 19.1 Å². The molecule has 0 bridgehead atoms. The van der Waals surface area contributed by atoms with E-state index in [0.29, 0.717) is 17.1 Å². The van der Waals surface area contributed by atoms with Crippen LogP contribution in [0.25, 0.3) is 6.08 Å². The number of nitrogens with zero attached hydrogens (tertiary/aromatic N) is 1. The molecule has 0 aliphatic carbocycles. The summed E-state index contributed by atoms with van der Waals surface area (Å²) < 4.78 is 23.6. The van der Waals surface area contributed by atoms with Crippen LogP contribution in [-0.4, -0.2) is 25.1 Å². The van der Waals surface area contributed by atoms with Gasteiger partial charge in [0, 0.05) is 29.5 Å². The van der Waals surface area contributed by atoms with Gasteiger partial charge in [-0.3, -0.25) is 14.9 Å². The van der Waals surface area contributed by atoms with Gasteiger partial charge in [0.1, 0.15) is 11.5 Å². The van der Waals surface area contributed by atoms with Crippen LogP contribution >= 0.6 is 0 Å². The third-order valence-corrected chi connectivity index (χ3v) is 3.27. The number of ether oxygens (including phenoxy) is 2. The lowest BCUT2D eigenvalue weighted by molar-refractivity contribution is -0.387. The Kier molecular flexibility index (Phi) is 5.67. The van der Waals surface area contributed by atoms with Gasteiger partial charge in [0.15, 0.2) is 0 Å². The molecule has 0 atom stereocenters. The highest BCUT2D eigenvalue weighted by Gasteiger charge is 2.14. The quantitative estimate of drug-likeness (QED) is 0.492. The number of nitro groups is 1. The van der Waals surface area contributed by atoms with Gasteiger partial charge in [0.25, 0.3) is 0 Å². The van der Waals surface area contributed by atoms with Crippen molar-refractivity contribution in [2.75, 3.05) is 19.5 Å². The Labute approximate surface area is 142 Å². The molecule has 1 amide bonds. The van der Waals surface area contributed by atoms with Crippen LogP contribution in [0.4, 0.5) is 15.8 Å². The molecule has 0 heterocycles. The Morgan fingerprint density at radius 3 is 2.60 bits per heavy atom. The van der Waals surface area contributed by atoms with Gasteiger partial charge in [-0.15, -0.1) is 0 Å². The van der Waals surface area contributed by atoms with Crippen molar-refractivity contribution in [2.24, 2.45) is 0 Å². The molecule has 7 nitrogen and oxygen atoms in total. The Bertz CT molecular complexity index is 836. The van der Waals surface area contributed by atoms with E-state index in [1.807, 2.05) is 0 Å². The topological polar surface area (TPSA) is 90.7 Å². The van der Waals surface area contributed by atoms with Crippen molar-refractivity contribution >= 4 is 23.4 Å². The molecular weight excluding hydrogens is 331 g/mol. The number of methoxy groups -OCH3 is 2. The number of benzene rings is 2. The van der Waals surface area contributed by atoms with Crippen molar-refractivity contribution in [1.82, 2.24) is 0 Å². The van der Waals surface area contributed by atoms with E-state index in [9.17, 15) is 19.3 Å². The fourth-order valence-electron chi connectivity index (χ4n) is 2.04. The maximum Gasteiger partial charge on any atom is 0.306 e. The molecule has 0 aromatic heterocycles. The van der Waals surface area contributed by atoms with Crippen molar-refractivity contribution in [3.05, 3.63) is 64.0 Å². The highest BCUT2D eigenvalue weighted by Crippen LogP contribution is 2.26. The van der Waals surface area contributed by atoms with Crippen LogP contribution in [0.3, 0.4) is 0 Å². The number of anilines is 1. The van der Waals surface area contributed by atoms with E-state index < -0.39 is 22.3 Å². The monoisotopic (exact) mass is 346 g/mol. The van der Waals surface area contributed by atoms with Crippen molar-refractivity contribution in [1.29, 1.82) is 0 Å². The average molecular weight is 346 g/mol. The summed E-state index contributed by atoms with van der Waals surface area (Å²) in [4.78, 5) is 21.8. The Balaban J connectivity index is 2.14. The lowest BCUT2D eigenvalue weighted by atomic mass is 10.1. The second kappa shape index (κ2) is 7.91. The lowest BCUT2D eigenvalue weighted by Crippen LogP contribution is -2.08. The first kappa shape index (κ1) is 17.9. The molecule has 130 valence electrons. The molecule has 0 fully saturated rings. The van der Waals surface area contributed by atoms with Crippen molar-refractivity contribution < 1.29 is 23.6 Å². The van der Waals surface area contributed by atoms with Crippen LogP contribution in [0.5, 0.6) is 11.5 Å². The number of amides is 1. The minimum atomic E-state index is -0.971. The predicted octanol–water partition coefficient (Wildman–Crippen LogP) is 3.40. The second-order valence-corrected chi connectivity index (χ2v) is 4.85. The summed E-state index contributed by atoms with van der Waals surface area (Å²) in [6.07, 6.45) is 2.76. The first-order chi connectivity index (χ1) is 11.9. The Hall–Kier alpha value is -3.42. The van der Waals surface area contributed by atoms with Crippen LogP contribution in [0, 0.1) is 15.9 Å². The van der Waals surface area contributed by atoms with Crippen molar-refractivity contribution in [3.63, 3.8) is 0 Å². The first-order valence-corrected chi connectivity index (χ1v) is 7.09. The van der Waals surface area contributed by atoms with E-state index in [2.05, 4.69) is 5.32 Å². The molecule has 2 aromatic rings. The molecule has 2 rings (SSSR count). The third kappa shape index (κ3) is 4.54. The first-order valence-electron chi connectivity index (χ1n) is 7.09. The van der Waals surface area contributed by atoms with Gasteiger partial charge in [-0.2, -0.15) is 4.39 Å². The van der Waals surface area contributed by atoms with E-state index in [1.165, 1.54) is 32.4 Å². The maximum atomic E-state index is 13.3. The van der Waals surface area contributed by atoms with E-state index in [1.54, 1.807) is 18.2 Å². The normalized spacial score (nSPS) is 10.5. The van der Waals surface area contributed by atoms with Gasteiger partial charge >= 0.3 is 5.69 Å². The molecule has 2 aromatic carbocycles. The highest BCUT2D eigenvalue weighted by atomic mass is 19.1. The predicted molar refractivity (Wildman–Crippen MR) is 90.3 cm³/mol. The number of hydrogen-bond donors (Lipinski definition) is 1. The summed E-state index contributed by atoms with van der Waals surface area (Å²) in [5, 5.41) is 13.1. The van der Waals surface area contributed by atoms with Crippen molar-refractivity contribution in [2.45, 2.75) is 0 Å².